The van der Waals surface area contributed by atoms with Crippen LogP contribution < -0.4 is 21.3 Å². The maximum Gasteiger partial charge on any atom is 0.325 e. The standard InChI is InChI=1S/C48H54N4O6/c53-43(28-29-44(54)50-33-42(36-20-10-8-11-21-36)37-22-12-9-13-23-37)49-30-18-6-4-2-1-3-5-7-19-31-58-46(56)35-51-45(55)34-52-48(57)47-40-26-16-14-24-38(40)32-39-25-15-17-27-41(39)47/h8-17,20-29,32,42H,1-7,18-19,30-31,33-35H2,(H,49,53)(H,50,54)(H,51,55)(H,52,57)/b29-28-. The van der Waals surface area contributed by atoms with Gasteiger partial charge in [-0.1, -0.05) is 154 Å². The lowest BCUT2D eigenvalue weighted by molar-refractivity contribution is -0.144. The van der Waals surface area contributed by atoms with E-state index in [2.05, 4.69) is 21.3 Å². The molecule has 5 aromatic carbocycles. The number of rotatable bonds is 23. The first kappa shape index (κ1) is 42.8. The van der Waals surface area contributed by atoms with Crippen LogP contribution in [0.15, 0.2) is 127 Å². The first-order valence-electron chi connectivity index (χ1n) is 20.3. The maximum absolute atomic E-state index is 13.2. The number of carbonyl (C=O) groups excluding carboxylic acids is 5. The number of ether oxygens (including phenoxy) is 1. The van der Waals surface area contributed by atoms with Crippen LogP contribution in [0.2, 0.25) is 0 Å². The Morgan fingerprint density at radius 2 is 1.02 bits per heavy atom. The minimum Gasteiger partial charge on any atom is -0.464 e. The van der Waals surface area contributed by atoms with Gasteiger partial charge in [0, 0.05) is 31.2 Å². The monoisotopic (exact) mass is 782 g/mol. The molecule has 10 nitrogen and oxygen atoms in total. The van der Waals surface area contributed by atoms with Crippen LogP contribution in [0.25, 0.3) is 21.5 Å². The van der Waals surface area contributed by atoms with E-state index in [0.717, 1.165) is 90.5 Å². The van der Waals surface area contributed by atoms with Crippen molar-refractivity contribution in [3.05, 3.63) is 144 Å². The van der Waals surface area contributed by atoms with Crippen molar-refractivity contribution in [1.82, 2.24) is 21.3 Å². The Morgan fingerprint density at radius 3 is 1.60 bits per heavy atom. The molecule has 4 amide bonds. The van der Waals surface area contributed by atoms with Gasteiger partial charge in [0.2, 0.25) is 17.7 Å². The zero-order chi connectivity index (χ0) is 40.8. The highest BCUT2D eigenvalue weighted by Gasteiger charge is 2.17. The van der Waals surface area contributed by atoms with Gasteiger partial charge in [-0.2, -0.15) is 0 Å². The number of fused-ring (bicyclic) bond motifs is 2. The van der Waals surface area contributed by atoms with E-state index in [9.17, 15) is 24.0 Å². The molecular weight excluding hydrogens is 729 g/mol. The highest BCUT2D eigenvalue weighted by atomic mass is 16.5. The molecule has 302 valence electrons. The molecule has 4 N–H and O–H groups in total. The summed E-state index contributed by atoms with van der Waals surface area (Å²) in [6, 6.07) is 37.4. The number of hydrogen-bond acceptors (Lipinski definition) is 6. The lowest BCUT2D eigenvalue weighted by atomic mass is 9.91. The van der Waals surface area contributed by atoms with Crippen molar-refractivity contribution in [2.75, 3.05) is 32.8 Å². The molecule has 0 bridgehead atoms. The van der Waals surface area contributed by atoms with E-state index in [1.807, 2.05) is 115 Å². The van der Waals surface area contributed by atoms with Gasteiger partial charge in [-0.05, 0) is 51.6 Å². The molecule has 0 atom stereocenters. The van der Waals surface area contributed by atoms with Gasteiger partial charge in [-0.15, -0.1) is 0 Å². The zero-order valence-corrected chi connectivity index (χ0v) is 33.1. The second-order valence-corrected chi connectivity index (χ2v) is 14.3. The molecule has 0 aliphatic heterocycles. The summed E-state index contributed by atoms with van der Waals surface area (Å²) in [6.07, 6.45) is 11.7. The number of esters is 1. The molecule has 0 radical (unpaired) electrons. The highest BCUT2D eigenvalue weighted by Crippen LogP contribution is 2.28. The van der Waals surface area contributed by atoms with E-state index in [-0.39, 0.29) is 36.7 Å². The summed E-state index contributed by atoms with van der Waals surface area (Å²) in [7, 11) is 0. The molecule has 10 heteroatoms. The Morgan fingerprint density at radius 1 is 0.517 bits per heavy atom. The van der Waals surface area contributed by atoms with Crippen molar-refractivity contribution in [2.24, 2.45) is 0 Å². The van der Waals surface area contributed by atoms with Crippen molar-refractivity contribution in [3.8, 4) is 0 Å². The molecular formula is C48H54N4O6. The van der Waals surface area contributed by atoms with E-state index in [4.69, 9.17) is 4.74 Å². The minimum absolute atomic E-state index is 0.0138. The summed E-state index contributed by atoms with van der Waals surface area (Å²) in [5, 5.41) is 14.5. The van der Waals surface area contributed by atoms with Crippen LogP contribution in [0.3, 0.4) is 0 Å². The van der Waals surface area contributed by atoms with Gasteiger partial charge < -0.3 is 26.0 Å². The van der Waals surface area contributed by atoms with Gasteiger partial charge in [0.15, 0.2) is 0 Å². The predicted octanol–water partition coefficient (Wildman–Crippen LogP) is 7.51. The number of nitrogens with one attached hydrogen (secondary N) is 4. The molecule has 0 saturated carbocycles. The van der Waals surface area contributed by atoms with E-state index < -0.39 is 11.9 Å². The summed E-state index contributed by atoms with van der Waals surface area (Å²) in [6.45, 7) is 0.779. The maximum atomic E-state index is 13.2. The fraction of sp³-hybridized carbons (Fsp3) is 0.312. The van der Waals surface area contributed by atoms with Crippen molar-refractivity contribution >= 4 is 51.1 Å². The quantitative estimate of drug-likeness (QED) is 0.0234. The molecule has 0 fully saturated rings. The third kappa shape index (κ3) is 14.0. The summed E-state index contributed by atoms with van der Waals surface area (Å²) < 4.78 is 5.26. The topological polar surface area (TPSA) is 143 Å². The van der Waals surface area contributed by atoms with Crippen LogP contribution >= 0.6 is 0 Å². The second-order valence-electron chi connectivity index (χ2n) is 14.3. The Bertz CT molecular complexity index is 2040. The first-order chi connectivity index (χ1) is 28.4. The third-order valence-corrected chi connectivity index (χ3v) is 9.99. The fourth-order valence-electron chi connectivity index (χ4n) is 6.92. The van der Waals surface area contributed by atoms with E-state index in [0.29, 0.717) is 25.3 Å². The van der Waals surface area contributed by atoms with Crippen LogP contribution in [-0.4, -0.2) is 62.4 Å². The first-order valence-corrected chi connectivity index (χ1v) is 20.3. The minimum atomic E-state index is -0.510. The lowest BCUT2D eigenvalue weighted by Gasteiger charge is -2.18. The number of hydrogen-bond donors (Lipinski definition) is 4. The molecule has 0 aliphatic rings. The average Bonchev–Trinajstić information content (AvgIpc) is 3.25. The van der Waals surface area contributed by atoms with Crippen LogP contribution in [-0.2, 0) is 23.9 Å². The van der Waals surface area contributed by atoms with Crippen molar-refractivity contribution in [3.63, 3.8) is 0 Å². The summed E-state index contributed by atoms with van der Waals surface area (Å²) >= 11 is 0. The highest BCUT2D eigenvalue weighted by molar-refractivity contribution is 6.18. The molecule has 0 saturated heterocycles. The number of carbonyl (C=O) groups is 5. The largest absolute Gasteiger partial charge is 0.464 e. The van der Waals surface area contributed by atoms with Gasteiger partial charge in [-0.25, -0.2) is 0 Å². The Balaban J connectivity index is 0.831. The van der Waals surface area contributed by atoms with Crippen LogP contribution in [0.1, 0.15) is 85.2 Å². The van der Waals surface area contributed by atoms with Gasteiger partial charge in [0.25, 0.3) is 5.91 Å². The van der Waals surface area contributed by atoms with Crippen LogP contribution in [0.5, 0.6) is 0 Å². The van der Waals surface area contributed by atoms with Crippen molar-refractivity contribution in [1.29, 1.82) is 0 Å². The van der Waals surface area contributed by atoms with Crippen LogP contribution in [0, 0.1) is 0 Å². The molecule has 0 spiro atoms. The van der Waals surface area contributed by atoms with Gasteiger partial charge in [0.1, 0.15) is 6.54 Å². The Labute approximate surface area is 340 Å². The van der Waals surface area contributed by atoms with Crippen molar-refractivity contribution in [2.45, 2.75) is 63.7 Å². The fourth-order valence-corrected chi connectivity index (χ4v) is 6.92. The van der Waals surface area contributed by atoms with Gasteiger partial charge in [0.05, 0.1) is 18.7 Å². The molecule has 0 aliphatic carbocycles. The van der Waals surface area contributed by atoms with Gasteiger partial charge >= 0.3 is 5.97 Å². The van der Waals surface area contributed by atoms with E-state index in [1.165, 1.54) is 12.2 Å². The average molecular weight is 783 g/mol. The number of amides is 4. The molecule has 5 rings (SSSR count). The van der Waals surface area contributed by atoms with Crippen LogP contribution in [0.4, 0.5) is 0 Å². The zero-order valence-electron chi connectivity index (χ0n) is 33.1. The third-order valence-electron chi connectivity index (χ3n) is 9.99. The Kier molecular flexibility index (Phi) is 17.5. The number of benzene rings is 5. The summed E-state index contributed by atoms with van der Waals surface area (Å²) in [5.41, 5.74) is 2.74. The summed E-state index contributed by atoms with van der Waals surface area (Å²) in [4.78, 5) is 62.4. The number of unbranched alkanes of at least 4 members (excludes halogenated alkanes) is 8. The van der Waals surface area contributed by atoms with E-state index >= 15 is 0 Å². The van der Waals surface area contributed by atoms with Gasteiger partial charge in [-0.3, -0.25) is 24.0 Å². The molecule has 5 aromatic rings. The normalized spacial score (nSPS) is 11.1. The summed E-state index contributed by atoms with van der Waals surface area (Å²) in [5.74, 6) is -1.90. The lowest BCUT2D eigenvalue weighted by Crippen LogP contribution is -2.39. The molecule has 0 heterocycles. The SMILES string of the molecule is O=C(/C=C\C(=O)NCC(c1ccccc1)c1ccccc1)NCCCCCCCCCCCOC(=O)CNC(=O)CNC(=O)c1c2ccccc2cc2ccccc12. The predicted molar refractivity (Wildman–Crippen MR) is 229 cm³/mol. The molecule has 58 heavy (non-hydrogen) atoms. The second kappa shape index (κ2) is 23.7. The Hall–Kier alpha value is -6.29. The van der Waals surface area contributed by atoms with Crippen molar-refractivity contribution < 1.29 is 28.7 Å². The smallest absolute Gasteiger partial charge is 0.325 e. The molecule has 0 unspecified atom stereocenters. The molecule has 0 aromatic heterocycles. The van der Waals surface area contributed by atoms with E-state index in [1.54, 1.807) is 0 Å².